The maximum atomic E-state index is 6.02. The minimum atomic E-state index is -0.663. The van der Waals surface area contributed by atoms with Crippen LogP contribution in [-0.2, 0) is 0 Å². The molecule has 6 atom stereocenters. The van der Waals surface area contributed by atoms with E-state index in [1.165, 1.54) is 79.8 Å². The SMILES string of the molecule is CC1(N2c3ccc(-c4ccccc4)cc3C3C=C(C4=CC=CCC4)CCC32)N=CC(c2cc(C3=CCCC=C3)ccc2C2=CCCC=C2)CC1C1=NC(c2ccccc2)N=C(C2=CCCCC2)N1. The van der Waals surface area contributed by atoms with Crippen LogP contribution < -0.4 is 10.2 Å². The molecule has 4 aromatic rings. The van der Waals surface area contributed by atoms with Gasteiger partial charge in [0.1, 0.15) is 17.3 Å². The van der Waals surface area contributed by atoms with Gasteiger partial charge in [0.25, 0.3) is 0 Å². The first-order chi connectivity index (χ1) is 33.6. The number of hydrogen-bond donors (Lipinski definition) is 1. The summed E-state index contributed by atoms with van der Waals surface area (Å²) in [5, 5.41) is 4.03. The van der Waals surface area contributed by atoms with Crippen molar-refractivity contribution in [3.05, 3.63) is 208 Å². The van der Waals surface area contributed by atoms with E-state index < -0.39 is 5.66 Å². The Labute approximate surface area is 403 Å². The van der Waals surface area contributed by atoms with Crippen LogP contribution in [0.1, 0.15) is 136 Å². The molecule has 8 aliphatic rings. The number of rotatable bonds is 9. The van der Waals surface area contributed by atoms with Gasteiger partial charge in [-0.3, -0.25) is 4.99 Å². The zero-order valence-corrected chi connectivity index (χ0v) is 39.5. The first-order valence-electron chi connectivity index (χ1n) is 25.7. The number of hydrogen-bond acceptors (Lipinski definition) is 5. The first kappa shape index (κ1) is 42.7. The molecule has 1 N–H and O–H groups in total. The lowest BCUT2D eigenvalue weighted by molar-refractivity contribution is 0.284. The largest absolute Gasteiger partial charge is 0.343 e. The minimum absolute atomic E-state index is 0.0609. The Hall–Kier alpha value is -6.59. The van der Waals surface area contributed by atoms with E-state index in [4.69, 9.17) is 15.0 Å². The highest BCUT2D eigenvalue weighted by molar-refractivity contribution is 6.11. The molecule has 0 saturated heterocycles. The van der Waals surface area contributed by atoms with E-state index in [9.17, 15) is 0 Å². The second-order valence-electron chi connectivity index (χ2n) is 20.2. The van der Waals surface area contributed by atoms with E-state index in [2.05, 4.69) is 187 Å². The Balaban J connectivity index is 1.03. The van der Waals surface area contributed by atoms with Gasteiger partial charge in [0.15, 0.2) is 6.17 Å². The van der Waals surface area contributed by atoms with Crippen molar-refractivity contribution >= 4 is 34.7 Å². The normalized spacial score (nSPS) is 27.4. The van der Waals surface area contributed by atoms with Gasteiger partial charge in [-0.05, 0) is 175 Å². The molecule has 0 aromatic heterocycles. The van der Waals surface area contributed by atoms with Crippen molar-refractivity contribution in [1.29, 1.82) is 0 Å². The van der Waals surface area contributed by atoms with E-state index in [1.54, 1.807) is 0 Å². The number of allylic oxidation sites excluding steroid dienone is 14. The van der Waals surface area contributed by atoms with E-state index in [1.807, 2.05) is 0 Å². The molecule has 0 amide bonds. The lowest BCUT2D eigenvalue weighted by Gasteiger charge is -2.51. The number of fused-ring (bicyclic) bond motifs is 3. The highest BCUT2D eigenvalue weighted by Crippen LogP contribution is 2.55. The third-order valence-corrected chi connectivity index (χ3v) is 16.0. The molecule has 12 rings (SSSR count). The zero-order chi connectivity index (χ0) is 45.4. The summed E-state index contributed by atoms with van der Waals surface area (Å²) in [5.74, 6) is 2.20. The molecular weight excluding hydrogens is 827 g/mol. The molecule has 0 radical (unpaired) electrons. The lowest BCUT2D eigenvalue weighted by Crippen LogP contribution is -2.61. The number of amidine groups is 2. The first-order valence-corrected chi connectivity index (χ1v) is 25.7. The van der Waals surface area contributed by atoms with Crippen molar-refractivity contribution in [3.8, 4) is 11.1 Å². The maximum Gasteiger partial charge on any atom is 0.169 e. The van der Waals surface area contributed by atoms with Crippen LogP contribution >= 0.6 is 0 Å². The predicted molar refractivity (Wildman–Crippen MR) is 285 cm³/mol. The Bertz CT molecular complexity index is 2950. The molecule has 68 heavy (non-hydrogen) atoms. The molecule has 5 aliphatic carbocycles. The van der Waals surface area contributed by atoms with Gasteiger partial charge < -0.3 is 10.2 Å². The molecule has 6 unspecified atom stereocenters. The molecule has 0 saturated carbocycles. The number of benzene rings is 4. The van der Waals surface area contributed by atoms with Crippen LogP contribution in [0.3, 0.4) is 0 Å². The average Bonchev–Trinajstić information content (AvgIpc) is 3.76. The third kappa shape index (κ3) is 8.08. The van der Waals surface area contributed by atoms with Crippen molar-refractivity contribution in [1.82, 2.24) is 5.32 Å². The van der Waals surface area contributed by atoms with Crippen LogP contribution in [0.2, 0.25) is 0 Å². The van der Waals surface area contributed by atoms with Gasteiger partial charge in [-0.2, -0.15) is 0 Å². The summed E-state index contributed by atoms with van der Waals surface area (Å²) in [6.45, 7) is 2.43. The molecule has 4 aromatic carbocycles. The molecule has 5 nitrogen and oxygen atoms in total. The Kier molecular flexibility index (Phi) is 11.6. The summed E-state index contributed by atoms with van der Waals surface area (Å²) in [5.41, 5.74) is 16.6. The van der Waals surface area contributed by atoms with Crippen LogP contribution in [0.25, 0.3) is 22.3 Å². The highest BCUT2D eigenvalue weighted by Gasteiger charge is 2.54. The molecule has 340 valence electrons. The monoisotopic (exact) mass is 890 g/mol. The van der Waals surface area contributed by atoms with Crippen molar-refractivity contribution < 1.29 is 0 Å². The van der Waals surface area contributed by atoms with Gasteiger partial charge in [-0.15, -0.1) is 0 Å². The quantitative estimate of drug-likeness (QED) is 0.182. The molecule has 3 aliphatic heterocycles. The fourth-order valence-corrected chi connectivity index (χ4v) is 12.5. The van der Waals surface area contributed by atoms with Gasteiger partial charge in [0.2, 0.25) is 0 Å². The second-order valence-corrected chi connectivity index (χ2v) is 20.2. The summed E-state index contributed by atoms with van der Waals surface area (Å²) in [6.07, 6.45) is 42.3. The van der Waals surface area contributed by atoms with Gasteiger partial charge in [-0.25, -0.2) is 9.98 Å². The summed E-state index contributed by atoms with van der Waals surface area (Å²) in [7, 11) is 0. The topological polar surface area (TPSA) is 52.4 Å². The van der Waals surface area contributed by atoms with Crippen LogP contribution in [0.5, 0.6) is 0 Å². The lowest BCUT2D eigenvalue weighted by atomic mass is 9.74. The number of nitrogens with zero attached hydrogens (tertiary/aromatic N) is 4. The Morgan fingerprint density at radius 1 is 0.647 bits per heavy atom. The average molecular weight is 890 g/mol. The Morgan fingerprint density at radius 2 is 1.44 bits per heavy atom. The number of aliphatic imine (C=N–C) groups is 3. The van der Waals surface area contributed by atoms with Crippen LogP contribution in [0, 0.1) is 5.92 Å². The minimum Gasteiger partial charge on any atom is -0.343 e. The number of nitrogens with one attached hydrogen (secondary N) is 1. The maximum absolute atomic E-state index is 6.02. The van der Waals surface area contributed by atoms with Crippen LogP contribution in [-0.4, -0.2) is 29.6 Å². The highest BCUT2D eigenvalue weighted by atomic mass is 15.4. The summed E-state index contributed by atoms with van der Waals surface area (Å²) in [6, 6.07) is 36.4. The van der Waals surface area contributed by atoms with Crippen molar-refractivity contribution in [2.45, 2.75) is 120 Å². The molecule has 0 spiro atoms. The zero-order valence-electron chi connectivity index (χ0n) is 39.5. The van der Waals surface area contributed by atoms with Gasteiger partial charge in [0.05, 0.1) is 5.92 Å². The smallest absolute Gasteiger partial charge is 0.169 e. The third-order valence-electron chi connectivity index (χ3n) is 16.0. The van der Waals surface area contributed by atoms with Crippen LogP contribution in [0.15, 0.2) is 196 Å². The molecule has 5 heteroatoms. The summed E-state index contributed by atoms with van der Waals surface area (Å²) < 4.78 is 0. The molecule has 0 fully saturated rings. The molecular formula is C63H63N5. The second kappa shape index (κ2) is 18.5. The van der Waals surface area contributed by atoms with E-state index in [0.717, 1.165) is 87.9 Å². The number of anilines is 1. The standard InChI is InChI=1S/C63H63N5/c1-63(68-58-36-33-50(44-22-10-3-11-23-44)39-55(58)56-40-51(34-37-59(56)68)45-24-12-4-13-25-45)57(62-66-60(47-28-16-6-17-29-47)65-61(67-62)48-30-18-7-19-31-48)41-52(42-64-63)54-38-49(43-20-8-2-9-21-43)32-35-53(54)46-26-14-5-15-27-46/h3-4,6,8,10-12,14,16-17,20-24,26-30,32-33,35-36,38-40,42,52,56-57,59-60H,2,5,7,9,13,15,18-19,25,31,34,37,41H2,1H3,(H,65,66,67). The van der Waals surface area contributed by atoms with E-state index >= 15 is 0 Å². The van der Waals surface area contributed by atoms with E-state index in [0.29, 0.717) is 0 Å². The van der Waals surface area contributed by atoms with Crippen LogP contribution in [0.4, 0.5) is 5.69 Å². The van der Waals surface area contributed by atoms with Crippen molar-refractivity contribution in [3.63, 3.8) is 0 Å². The van der Waals surface area contributed by atoms with Gasteiger partial charge in [-0.1, -0.05) is 146 Å². The van der Waals surface area contributed by atoms with Crippen molar-refractivity contribution in [2.24, 2.45) is 20.9 Å². The van der Waals surface area contributed by atoms with Gasteiger partial charge >= 0.3 is 0 Å². The fraction of sp³-hybridized carbons (Fsp3) is 0.317. The van der Waals surface area contributed by atoms with E-state index in [-0.39, 0.29) is 30.0 Å². The molecule has 0 bridgehead atoms. The van der Waals surface area contributed by atoms with Gasteiger partial charge in [0, 0.05) is 29.8 Å². The van der Waals surface area contributed by atoms with Crippen molar-refractivity contribution in [2.75, 3.05) is 4.90 Å². The summed E-state index contributed by atoms with van der Waals surface area (Å²) in [4.78, 5) is 19.9. The fourth-order valence-electron chi connectivity index (χ4n) is 12.5. The predicted octanol–water partition coefficient (Wildman–Crippen LogP) is 15.3. The molecule has 3 heterocycles. The Morgan fingerprint density at radius 3 is 2.21 bits per heavy atom. The summed E-state index contributed by atoms with van der Waals surface area (Å²) >= 11 is 0.